The van der Waals surface area contributed by atoms with Crippen molar-refractivity contribution in [1.29, 1.82) is 0 Å². The van der Waals surface area contributed by atoms with Crippen molar-refractivity contribution < 1.29 is 37.6 Å². The Hall–Kier alpha value is -2.25. The van der Waals surface area contributed by atoms with Crippen LogP contribution in [0.2, 0.25) is 0 Å². The highest BCUT2D eigenvalue weighted by molar-refractivity contribution is 7.47. The normalized spacial score (nSPS) is 13.8. The van der Waals surface area contributed by atoms with Crippen LogP contribution in [0.1, 0.15) is 206 Å². The summed E-state index contributed by atoms with van der Waals surface area (Å²) >= 11 is 0. The lowest BCUT2D eigenvalue weighted by Crippen LogP contribution is -2.29. The zero-order chi connectivity index (χ0) is 41.8. The molecule has 9 heteroatoms. The van der Waals surface area contributed by atoms with Crippen LogP contribution in [0.25, 0.3) is 0 Å². The molecule has 0 aliphatic rings. The third kappa shape index (κ3) is 43.2. The summed E-state index contributed by atoms with van der Waals surface area (Å²) < 4.78 is 32.0. The Morgan fingerprint density at radius 1 is 0.509 bits per heavy atom. The smallest absolute Gasteiger partial charge is 0.462 e. The summed E-state index contributed by atoms with van der Waals surface area (Å²) in [5.41, 5.74) is 0. The molecule has 0 aliphatic carbocycles. The molecule has 0 radical (unpaired) electrons. The van der Waals surface area contributed by atoms with Gasteiger partial charge < -0.3 is 14.4 Å². The van der Waals surface area contributed by atoms with Gasteiger partial charge in [0.1, 0.15) is 6.61 Å². The minimum Gasteiger partial charge on any atom is -0.462 e. The molecule has 0 spiro atoms. The van der Waals surface area contributed by atoms with Gasteiger partial charge in [0.2, 0.25) is 0 Å². The molecule has 57 heavy (non-hydrogen) atoms. The largest absolute Gasteiger partial charge is 0.472 e. The van der Waals surface area contributed by atoms with Crippen LogP contribution in [0.15, 0.2) is 60.8 Å². The van der Waals surface area contributed by atoms with Gasteiger partial charge in [-0.2, -0.15) is 0 Å². The van der Waals surface area contributed by atoms with Gasteiger partial charge in [-0.15, -0.1) is 0 Å². The Labute approximate surface area is 350 Å². The van der Waals surface area contributed by atoms with E-state index in [9.17, 15) is 19.0 Å². The summed E-state index contributed by atoms with van der Waals surface area (Å²) in [5.74, 6) is -0.821. The number of rotatable bonds is 42. The zero-order valence-electron chi connectivity index (χ0n) is 36.7. The monoisotopic (exact) mass is 821 g/mol. The molecule has 0 aliphatic heterocycles. The van der Waals surface area contributed by atoms with Crippen molar-refractivity contribution in [3.05, 3.63) is 60.8 Å². The van der Waals surface area contributed by atoms with E-state index < -0.39 is 26.5 Å². The quantitative estimate of drug-likeness (QED) is 0.0281. The summed E-state index contributed by atoms with van der Waals surface area (Å²) in [6.45, 7) is 3.77. The second kappa shape index (κ2) is 43.3. The number of allylic oxidation sites excluding steroid dienone is 10. The SMILES string of the molecule is CC/C=C\C/C=C\C/C=C\C/C=C\CCCCCCCCC(=O)OC(COC(=O)CCCCCCCCCCC/C=C\CCCCCCCC)COP(=O)(O)OC. The lowest BCUT2D eigenvalue weighted by Gasteiger charge is -2.19. The molecule has 0 bridgehead atoms. The second-order valence-corrected chi connectivity index (χ2v) is 16.7. The molecule has 2 unspecified atom stereocenters. The fourth-order valence-electron chi connectivity index (χ4n) is 6.23. The molecule has 0 rings (SSSR count). The first kappa shape index (κ1) is 54.8. The Morgan fingerprint density at radius 2 is 0.895 bits per heavy atom. The van der Waals surface area contributed by atoms with Crippen LogP contribution in [0.5, 0.6) is 0 Å². The molecule has 0 amide bonds. The first-order valence-electron chi connectivity index (χ1n) is 23.0. The molecule has 0 aromatic heterocycles. The maximum absolute atomic E-state index is 12.5. The number of ether oxygens (including phenoxy) is 2. The van der Waals surface area contributed by atoms with E-state index in [-0.39, 0.29) is 25.4 Å². The van der Waals surface area contributed by atoms with E-state index in [1.54, 1.807) is 0 Å². The van der Waals surface area contributed by atoms with Crippen LogP contribution in [-0.4, -0.2) is 43.3 Å². The van der Waals surface area contributed by atoms with Crippen molar-refractivity contribution >= 4 is 19.8 Å². The van der Waals surface area contributed by atoms with Gasteiger partial charge in [0.15, 0.2) is 6.10 Å². The number of phosphoric acid groups is 1. The Morgan fingerprint density at radius 3 is 1.35 bits per heavy atom. The van der Waals surface area contributed by atoms with Crippen LogP contribution >= 0.6 is 7.82 Å². The average molecular weight is 821 g/mol. The summed E-state index contributed by atoms with van der Waals surface area (Å²) in [6.07, 6.45) is 54.1. The number of esters is 2. The standard InChI is InChI=1S/C48H85O8P/c1-4-6-8-10-12-14-16-18-20-22-24-26-28-30-32-34-36-38-40-42-47(49)54-44-46(45-55-57(51,52)53-3)56-48(50)43-41-39-37-35-33-31-29-27-25-23-21-19-17-15-13-11-9-7-5-2/h7,9,13,15,18-21,25,27,46H,4-6,8,10-12,14,16-17,22-24,26,28-45H2,1-3H3,(H,51,52)/b9-7-,15-13-,20-18-,21-19-,27-25-. The summed E-state index contributed by atoms with van der Waals surface area (Å²) in [7, 11) is -3.21. The molecule has 8 nitrogen and oxygen atoms in total. The summed E-state index contributed by atoms with van der Waals surface area (Å²) in [6, 6.07) is 0. The van der Waals surface area contributed by atoms with Crippen molar-refractivity contribution in [3.63, 3.8) is 0 Å². The van der Waals surface area contributed by atoms with Gasteiger partial charge >= 0.3 is 19.8 Å². The van der Waals surface area contributed by atoms with Gasteiger partial charge in [0, 0.05) is 20.0 Å². The third-order valence-corrected chi connectivity index (χ3v) is 10.7. The number of carbonyl (C=O) groups excluding carboxylic acids is 2. The average Bonchev–Trinajstić information content (AvgIpc) is 3.20. The maximum Gasteiger partial charge on any atom is 0.472 e. The number of hydrogen-bond donors (Lipinski definition) is 1. The van der Waals surface area contributed by atoms with E-state index in [0.29, 0.717) is 6.42 Å². The zero-order valence-corrected chi connectivity index (χ0v) is 37.6. The van der Waals surface area contributed by atoms with Gasteiger partial charge in [-0.1, -0.05) is 177 Å². The van der Waals surface area contributed by atoms with Crippen LogP contribution in [0.4, 0.5) is 0 Å². The van der Waals surface area contributed by atoms with Crippen molar-refractivity contribution in [2.75, 3.05) is 20.3 Å². The van der Waals surface area contributed by atoms with Crippen molar-refractivity contribution in [2.24, 2.45) is 0 Å². The molecule has 0 saturated carbocycles. The Bertz CT molecular complexity index is 1110. The van der Waals surface area contributed by atoms with E-state index in [2.05, 4.69) is 79.1 Å². The molecule has 0 saturated heterocycles. The van der Waals surface area contributed by atoms with Gasteiger partial charge in [-0.3, -0.25) is 18.6 Å². The molecule has 0 heterocycles. The molecular formula is C48H85O8P. The highest BCUT2D eigenvalue weighted by Gasteiger charge is 2.24. The molecular weight excluding hydrogens is 735 g/mol. The Balaban J connectivity index is 3.99. The minimum atomic E-state index is -4.27. The van der Waals surface area contributed by atoms with Gasteiger partial charge in [0.25, 0.3) is 0 Å². The van der Waals surface area contributed by atoms with Crippen LogP contribution in [0, 0.1) is 0 Å². The molecule has 330 valence electrons. The fraction of sp³-hybridized carbons (Fsp3) is 0.750. The first-order chi connectivity index (χ1) is 27.8. The van der Waals surface area contributed by atoms with E-state index in [1.807, 2.05) is 0 Å². The molecule has 0 aromatic carbocycles. The van der Waals surface area contributed by atoms with Crippen LogP contribution in [-0.2, 0) is 32.7 Å². The molecule has 1 N–H and O–H groups in total. The highest BCUT2D eigenvalue weighted by Crippen LogP contribution is 2.42. The molecule has 2 atom stereocenters. The first-order valence-corrected chi connectivity index (χ1v) is 24.5. The van der Waals surface area contributed by atoms with E-state index in [4.69, 9.17) is 14.0 Å². The fourth-order valence-corrected chi connectivity index (χ4v) is 6.69. The number of phosphoric ester groups is 1. The van der Waals surface area contributed by atoms with Crippen molar-refractivity contribution in [3.8, 4) is 0 Å². The highest BCUT2D eigenvalue weighted by atomic mass is 31.2. The summed E-state index contributed by atoms with van der Waals surface area (Å²) in [5, 5.41) is 0. The van der Waals surface area contributed by atoms with Gasteiger partial charge in [0.05, 0.1) is 6.61 Å². The predicted octanol–water partition coefficient (Wildman–Crippen LogP) is 14.7. The predicted molar refractivity (Wildman–Crippen MR) is 239 cm³/mol. The maximum atomic E-state index is 12.5. The Kier molecular flexibility index (Phi) is 41.6. The van der Waals surface area contributed by atoms with Crippen molar-refractivity contribution in [1.82, 2.24) is 0 Å². The topological polar surface area (TPSA) is 108 Å². The van der Waals surface area contributed by atoms with E-state index >= 15 is 0 Å². The van der Waals surface area contributed by atoms with Gasteiger partial charge in [-0.05, 0) is 77.0 Å². The number of unbranched alkanes of at least 4 members (excludes halogenated alkanes) is 21. The van der Waals surface area contributed by atoms with Gasteiger partial charge in [-0.25, -0.2) is 4.57 Å². The van der Waals surface area contributed by atoms with Crippen molar-refractivity contribution in [2.45, 2.75) is 213 Å². The van der Waals surface area contributed by atoms with E-state index in [1.165, 1.54) is 89.9 Å². The molecule has 0 aromatic rings. The lowest BCUT2D eigenvalue weighted by atomic mass is 10.1. The summed E-state index contributed by atoms with van der Waals surface area (Å²) in [4.78, 5) is 34.6. The van der Waals surface area contributed by atoms with Crippen LogP contribution < -0.4 is 0 Å². The second-order valence-electron chi connectivity index (χ2n) is 15.2. The number of hydrogen-bond acceptors (Lipinski definition) is 7. The molecule has 0 fully saturated rings. The lowest BCUT2D eigenvalue weighted by molar-refractivity contribution is -0.161. The van der Waals surface area contributed by atoms with E-state index in [0.717, 1.165) is 90.6 Å². The minimum absolute atomic E-state index is 0.226. The van der Waals surface area contributed by atoms with Crippen LogP contribution in [0.3, 0.4) is 0 Å². The number of carbonyl (C=O) groups is 2. The third-order valence-electron chi connectivity index (χ3n) is 9.75.